The van der Waals surface area contributed by atoms with E-state index in [1.54, 1.807) is 30.0 Å². The number of amides is 1. The van der Waals surface area contributed by atoms with Gasteiger partial charge in [0, 0.05) is 19.6 Å². The molecule has 0 N–H and O–H groups in total. The van der Waals surface area contributed by atoms with Crippen molar-refractivity contribution in [1.82, 2.24) is 9.21 Å². The summed E-state index contributed by atoms with van der Waals surface area (Å²) in [5, 5.41) is 0. The van der Waals surface area contributed by atoms with Crippen LogP contribution in [0.5, 0.6) is 0 Å². The van der Waals surface area contributed by atoms with Crippen LogP contribution < -0.4 is 0 Å². The van der Waals surface area contributed by atoms with Crippen molar-refractivity contribution in [2.75, 3.05) is 32.8 Å². The first kappa shape index (κ1) is 24.2. The molecule has 32 heavy (non-hydrogen) atoms. The Kier molecular flexibility index (Phi) is 8.25. The Morgan fingerprint density at radius 2 is 1.62 bits per heavy atom. The second-order valence-corrected chi connectivity index (χ2v) is 9.85. The summed E-state index contributed by atoms with van der Waals surface area (Å²) >= 11 is 0. The maximum absolute atomic E-state index is 13.0. The smallest absolute Gasteiger partial charge is 0.324 e. The molecule has 0 aliphatic carbocycles. The van der Waals surface area contributed by atoms with Gasteiger partial charge in [-0.1, -0.05) is 18.2 Å². The van der Waals surface area contributed by atoms with Crippen LogP contribution in [0.3, 0.4) is 0 Å². The van der Waals surface area contributed by atoms with E-state index in [1.165, 1.54) is 16.4 Å². The van der Waals surface area contributed by atoms with Gasteiger partial charge < -0.3 is 14.4 Å². The number of esters is 2. The molecule has 0 saturated carbocycles. The van der Waals surface area contributed by atoms with Crippen LogP contribution in [0.2, 0.25) is 0 Å². The Labute approximate surface area is 188 Å². The van der Waals surface area contributed by atoms with E-state index in [2.05, 4.69) is 0 Å². The lowest BCUT2D eigenvalue weighted by molar-refractivity contribution is -0.157. The van der Waals surface area contributed by atoms with E-state index in [0.29, 0.717) is 51.8 Å². The monoisotopic (exact) mass is 466 g/mol. The van der Waals surface area contributed by atoms with Crippen molar-refractivity contribution in [2.24, 2.45) is 5.92 Å². The molecule has 3 rings (SSSR count). The normalized spacial score (nSPS) is 20.5. The fourth-order valence-corrected chi connectivity index (χ4v) is 5.77. The summed E-state index contributed by atoms with van der Waals surface area (Å²) in [6.07, 6.45) is 2.72. The third-order valence-corrected chi connectivity index (χ3v) is 7.80. The second-order valence-electron chi connectivity index (χ2n) is 7.96. The molecule has 2 aliphatic rings. The third-order valence-electron chi connectivity index (χ3n) is 5.88. The van der Waals surface area contributed by atoms with Gasteiger partial charge >= 0.3 is 11.9 Å². The number of piperidine rings is 2. The molecule has 0 aromatic heterocycles. The maximum atomic E-state index is 13.0. The molecule has 1 amide bonds. The summed E-state index contributed by atoms with van der Waals surface area (Å²) in [6.45, 7) is 2.64. The fourth-order valence-electron chi connectivity index (χ4n) is 4.10. The molecule has 176 valence electrons. The molecular weight excluding hydrogens is 436 g/mol. The van der Waals surface area contributed by atoms with E-state index in [0.717, 1.165) is 0 Å². The van der Waals surface area contributed by atoms with Crippen molar-refractivity contribution in [2.45, 2.75) is 50.0 Å². The minimum atomic E-state index is -3.84. The van der Waals surface area contributed by atoms with Crippen molar-refractivity contribution >= 4 is 27.9 Å². The highest BCUT2D eigenvalue weighted by atomic mass is 32.2. The fraction of sp³-hybridized carbons (Fsp3) is 0.591. The molecule has 1 unspecified atom stereocenters. The number of rotatable bonds is 7. The summed E-state index contributed by atoms with van der Waals surface area (Å²) in [5.41, 5.74) is 0. The van der Waals surface area contributed by atoms with Crippen molar-refractivity contribution in [1.29, 1.82) is 0 Å². The van der Waals surface area contributed by atoms with Crippen molar-refractivity contribution in [3.8, 4) is 0 Å². The van der Waals surface area contributed by atoms with Gasteiger partial charge in [-0.15, -0.1) is 0 Å². The Hall–Kier alpha value is -2.46. The molecule has 2 heterocycles. The van der Waals surface area contributed by atoms with E-state index in [9.17, 15) is 22.8 Å². The largest absolute Gasteiger partial charge is 0.466 e. The number of ether oxygens (including phenoxy) is 2. The molecule has 1 aromatic carbocycles. The quantitative estimate of drug-likeness (QED) is 0.561. The number of likely N-dealkylation sites (tertiary alicyclic amines) is 1. The van der Waals surface area contributed by atoms with Crippen LogP contribution in [-0.4, -0.2) is 74.4 Å². The van der Waals surface area contributed by atoms with Crippen LogP contribution >= 0.6 is 0 Å². The van der Waals surface area contributed by atoms with Crippen LogP contribution in [0, 0.1) is 5.92 Å². The number of hydrogen-bond acceptors (Lipinski definition) is 7. The van der Waals surface area contributed by atoms with E-state index in [1.807, 2.05) is 0 Å². The summed E-state index contributed by atoms with van der Waals surface area (Å²) in [4.78, 5) is 38.7. The molecule has 0 spiro atoms. The molecule has 1 atom stereocenters. The lowest BCUT2D eigenvalue weighted by atomic mass is 9.97. The molecule has 10 heteroatoms. The zero-order valence-corrected chi connectivity index (χ0v) is 19.1. The highest BCUT2D eigenvalue weighted by Gasteiger charge is 2.39. The molecule has 2 saturated heterocycles. The maximum Gasteiger partial charge on any atom is 0.324 e. The first-order valence-corrected chi connectivity index (χ1v) is 12.5. The Balaban J connectivity index is 1.55. The van der Waals surface area contributed by atoms with Crippen molar-refractivity contribution in [3.05, 3.63) is 30.3 Å². The number of carbonyl (C=O) groups is 3. The predicted octanol–water partition coefficient (Wildman–Crippen LogP) is 1.57. The summed E-state index contributed by atoms with van der Waals surface area (Å²) < 4.78 is 37.5. The average molecular weight is 467 g/mol. The van der Waals surface area contributed by atoms with Crippen LogP contribution in [-0.2, 0) is 33.9 Å². The number of hydrogen-bond donors (Lipinski definition) is 0. The van der Waals surface area contributed by atoms with Crippen LogP contribution in [0.15, 0.2) is 35.2 Å². The third kappa shape index (κ3) is 5.66. The van der Waals surface area contributed by atoms with Gasteiger partial charge in [0.05, 0.1) is 17.4 Å². The number of nitrogens with zero attached hydrogens (tertiary/aromatic N) is 2. The first-order valence-electron chi connectivity index (χ1n) is 11.0. The van der Waals surface area contributed by atoms with Gasteiger partial charge in [-0.25, -0.2) is 8.42 Å². The Bertz CT molecular complexity index is 911. The first-order chi connectivity index (χ1) is 15.3. The molecule has 0 radical (unpaired) electrons. The lowest BCUT2D eigenvalue weighted by Gasteiger charge is -2.33. The van der Waals surface area contributed by atoms with Gasteiger partial charge in [-0.05, 0) is 51.2 Å². The molecule has 0 bridgehead atoms. The molecule has 2 aliphatic heterocycles. The number of benzene rings is 1. The van der Waals surface area contributed by atoms with Crippen molar-refractivity contribution < 1.29 is 32.3 Å². The van der Waals surface area contributed by atoms with E-state index < -0.39 is 28.6 Å². The van der Waals surface area contributed by atoms with Crippen LogP contribution in [0.1, 0.15) is 39.0 Å². The average Bonchev–Trinajstić information content (AvgIpc) is 2.83. The summed E-state index contributed by atoms with van der Waals surface area (Å²) in [7, 11) is -3.84. The van der Waals surface area contributed by atoms with Crippen LogP contribution in [0.25, 0.3) is 0 Å². The van der Waals surface area contributed by atoms with Gasteiger partial charge in [0.15, 0.2) is 6.61 Å². The second kappa shape index (κ2) is 10.9. The van der Waals surface area contributed by atoms with Gasteiger partial charge in [0.25, 0.3) is 5.91 Å². The van der Waals surface area contributed by atoms with Crippen molar-refractivity contribution in [3.63, 3.8) is 0 Å². The predicted molar refractivity (Wildman–Crippen MR) is 115 cm³/mol. The summed E-state index contributed by atoms with van der Waals surface area (Å²) in [6, 6.07) is 7.03. The summed E-state index contributed by atoms with van der Waals surface area (Å²) in [5.74, 6) is -1.53. The van der Waals surface area contributed by atoms with Gasteiger partial charge in [-0.3, -0.25) is 14.4 Å². The number of carbonyl (C=O) groups excluding carboxylic acids is 3. The highest BCUT2D eigenvalue weighted by molar-refractivity contribution is 7.89. The van der Waals surface area contributed by atoms with Crippen LogP contribution in [0.4, 0.5) is 0 Å². The molecule has 2 fully saturated rings. The SMILES string of the molecule is CCOC(=O)C1CCN(C(=O)COC(=O)C2CCCCN2S(=O)(=O)c2ccccc2)CC1. The Morgan fingerprint density at radius 3 is 2.28 bits per heavy atom. The molecule has 1 aromatic rings. The topological polar surface area (TPSA) is 110 Å². The minimum Gasteiger partial charge on any atom is -0.466 e. The number of sulfonamides is 1. The zero-order chi connectivity index (χ0) is 23.1. The molecule has 9 nitrogen and oxygen atoms in total. The minimum absolute atomic E-state index is 0.125. The van der Waals surface area contributed by atoms with Gasteiger partial charge in [0.2, 0.25) is 10.0 Å². The molecular formula is C22H30N2O7S. The highest BCUT2D eigenvalue weighted by Crippen LogP contribution is 2.26. The standard InChI is InChI=1S/C22H30N2O7S/c1-2-30-21(26)17-11-14-23(15-12-17)20(25)16-31-22(27)19-10-6-7-13-24(19)32(28,29)18-8-4-3-5-9-18/h3-5,8-9,17,19H,2,6-7,10-16H2,1H3. The van der Waals surface area contributed by atoms with E-state index in [-0.39, 0.29) is 29.2 Å². The Morgan fingerprint density at radius 1 is 0.938 bits per heavy atom. The van der Waals surface area contributed by atoms with Gasteiger partial charge in [-0.2, -0.15) is 4.31 Å². The van der Waals surface area contributed by atoms with E-state index >= 15 is 0 Å². The zero-order valence-electron chi connectivity index (χ0n) is 18.3. The van der Waals surface area contributed by atoms with E-state index in [4.69, 9.17) is 9.47 Å². The lowest BCUT2D eigenvalue weighted by Crippen LogP contribution is -2.49. The van der Waals surface area contributed by atoms with Gasteiger partial charge in [0.1, 0.15) is 6.04 Å².